The number of hydrogen-bond donors (Lipinski definition) is 0. The second-order valence-corrected chi connectivity index (χ2v) is 8.69. The van der Waals surface area contributed by atoms with Gasteiger partial charge in [0, 0.05) is 38.3 Å². The number of benzene rings is 1. The van der Waals surface area contributed by atoms with Gasteiger partial charge in [0.25, 0.3) is 0 Å². The molecule has 1 aliphatic heterocycles. The van der Waals surface area contributed by atoms with Crippen molar-refractivity contribution in [2.45, 2.75) is 50.7 Å². The highest BCUT2D eigenvalue weighted by Crippen LogP contribution is 2.38. The van der Waals surface area contributed by atoms with Gasteiger partial charge < -0.3 is 18.9 Å². The fourth-order valence-corrected chi connectivity index (χ4v) is 4.70. The molecule has 1 saturated heterocycles. The van der Waals surface area contributed by atoms with Gasteiger partial charge in [-0.05, 0) is 23.8 Å². The van der Waals surface area contributed by atoms with Gasteiger partial charge in [-0.1, -0.05) is 12.1 Å². The number of carbonyl (C=O) groups excluding carboxylic acids is 3. The highest BCUT2D eigenvalue weighted by Gasteiger charge is 2.48. The van der Waals surface area contributed by atoms with E-state index in [1.54, 1.807) is 6.07 Å². The molecule has 3 rings (SSSR count). The van der Waals surface area contributed by atoms with Gasteiger partial charge in [-0.25, -0.2) is 0 Å². The van der Waals surface area contributed by atoms with E-state index in [4.69, 9.17) is 18.9 Å². The van der Waals surface area contributed by atoms with Crippen molar-refractivity contribution in [1.82, 2.24) is 4.98 Å². The lowest BCUT2D eigenvalue weighted by atomic mass is 10.0. The van der Waals surface area contributed by atoms with Gasteiger partial charge in [-0.2, -0.15) is 13.2 Å². The van der Waals surface area contributed by atoms with E-state index < -0.39 is 53.4 Å². The van der Waals surface area contributed by atoms with Gasteiger partial charge in [0.2, 0.25) is 0 Å². The van der Waals surface area contributed by atoms with Gasteiger partial charge in [0.05, 0.1) is 11.8 Å². The molecule has 0 radical (unpaired) electrons. The molecule has 4 atom stereocenters. The summed E-state index contributed by atoms with van der Waals surface area (Å²) in [5, 5.41) is 0. The predicted octanol–water partition coefficient (Wildman–Crippen LogP) is 4.01. The number of hydrogen-bond acceptors (Lipinski definition) is 9. The lowest BCUT2D eigenvalue weighted by Gasteiger charge is -2.40. The van der Waals surface area contributed by atoms with Gasteiger partial charge in [-0.15, -0.1) is 11.8 Å². The molecule has 188 valence electrons. The first-order valence-corrected chi connectivity index (χ1v) is 11.4. The Bertz CT molecular complexity index is 1080. The normalized spacial score (nSPS) is 22.1. The number of carbonyl (C=O) groups is 3. The molecule has 35 heavy (non-hydrogen) atoms. The van der Waals surface area contributed by atoms with E-state index in [0.717, 1.165) is 30.8 Å². The van der Waals surface area contributed by atoms with Gasteiger partial charge >= 0.3 is 24.1 Å². The zero-order valence-corrected chi connectivity index (χ0v) is 19.7. The van der Waals surface area contributed by atoms with Crippen LogP contribution in [0.4, 0.5) is 13.2 Å². The molecule has 0 N–H and O–H groups in total. The quantitative estimate of drug-likeness (QED) is 0.419. The van der Waals surface area contributed by atoms with Crippen molar-refractivity contribution < 1.29 is 46.5 Å². The highest BCUT2D eigenvalue weighted by atomic mass is 32.2. The summed E-state index contributed by atoms with van der Waals surface area (Å²) in [7, 11) is 0. The van der Waals surface area contributed by atoms with Crippen molar-refractivity contribution in [1.29, 1.82) is 0 Å². The van der Waals surface area contributed by atoms with Crippen LogP contribution in [-0.4, -0.2) is 52.4 Å². The number of nitrogens with zero attached hydrogens (tertiary/aromatic N) is 1. The van der Waals surface area contributed by atoms with Crippen molar-refractivity contribution in [3.8, 4) is 16.9 Å². The Kier molecular flexibility index (Phi) is 8.26. The van der Waals surface area contributed by atoms with E-state index >= 15 is 0 Å². The Morgan fingerprint density at radius 1 is 0.914 bits per heavy atom. The molecule has 0 bridgehead atoms. The predicted molar refractivity (Wildman–Crippen MR) is 118 cm³/mol. The summed E-state index contributed by atoms with van der Waals surface area (Å²) in [5.74, 6) is -1.60. The van der Waals surface area contributed by atoms with Crippen LogP contribution < -0.4 is 4.74 Å². The summed E-state index contributed by atoms with van der Waals surface area (Å²) in [4.78, 5) is 39.1. The van der Waals surface area contributed by atoms with Crippen LogP contribution >= 0.6 is 11.8 Å². The number of esters is 3. The van der Waals surface area contributed by atoms with Gasteiger partial charge in [0.1, 0.15) is 5.75 Å². The molecule has 1 aromatic heterocycles. The van der Waals surface area contributed by atoms with Crippen molar-refractivity contribution in [2.75, 3.05) is 5.75 Å². The summed E-state index contributed by atoms with van der Waals surface area (Å²) in [6.07, 6.45) is -4.84. The third-order valence-electron chi connectivity index (χ3n) is 4.86. The van der Waals surface area contributed by atoms with E-state index in [0.29, 0.717) is 11.1 Å². The molecule has 2 heterocycles. The molecule has 1 aromatic carbocycles. The third kappa shape index (κ3) is 6.87. The van der Waals surface area contributed by atoms with E-state index in [2.05, 4.69) is 4.98 Å². The third-order valence-corrected chi connectivity index (χ3v) is 6.07. The lowest BCUT2D eigenvalue weighted by Crippen LogP contribution is -2.55. The molecule has 12 heteroatoms. The SMILES string of the molecule is CC(=O)O[C@@H]1[C@@H](OC(C)=O)[C@H](OC(C)=O)CS[C@H]1Oc1cnccc1-c1ccc(C(F)(F)F)cc1. The maximum absolute atomic E-state index is 12.9. The first kappa shape index (κ1) is 26.3. The number of rotatable bonds is 6. The molecule has 0 aliphatic carbocycles. The fraction of sp³-hybridized carbons (Fsp3) is 0.391. The Labute approximate surface area is 203 Å². The van der Waals surface area contributed by atoms with Crippen molar-refractivity contribution in [3.05, 3.63) is 48.3 Å². The molecule has 0 saturated carbocycles. The van der Waals surface area contributed by atoms with Crippen molar-refractivity contribution in [2.24, 2.45) is 0 Å². The zero-order chi connectivity index (χ0) is 25.8. The topological polar surface area (TPSA) is 101 Å². The minimum atomic E-state index is -4.48. The molecule has 1 aliphatic rings. The summed E-state index contributed by atoms with van der Waals surface area (Å²) in [6.45, 7) is 3.53. The molecule has 0 spiro atoms. The van der Waals surface area contributed by atoms with Gasteiger partial charge in [0.15, 0.2) is 23.7 Å². The Morgan fingerprint density at radius 3 is 2.09 bits per heavy atom. The first-order chi connectivity index (χ1) is 16.5. The number of aromatic nitrogens is 1. The second-order valence-electron chi connectivity index (χ2n) is 7.56. The highest BCUT2D eigenvalue weighted by molar-refractivity contribution is 7.99. The molecular formula is C23H22F3NO7S. The smallest absolute Gasteiger partial charge is 0.416 e. The molecular weight excluding hydrogens is 491 g/mol. The number of alkyl halides is 3. The average Bonchev–Trinajstić information content (AvgIpc) is 2.76. The van der Waals surface area contributed by atoms with Crippen LogP contribution in [0.3, 0.4) is 0 Å². The number of pyridine rings is 1. The van der Waals surface area contributed by atoms with E-state index in [1.807, 2.05) is 0 Å². The number of thioether (sulfide) groups is 1. The average molecular weight is 513 g/mol. The van der Waals surface area contributed by atoms with E-state index in [1.165, 1.54) is 38.4 Å². The molecule has 0 unspecified atom stereocenters. The summed E-state index contributed by atoms with van der Waals surface area (Å²) < 4.78 is 60.9. The zero-order valence-electron chi connectivity index (χ0n) is 18.9. The Morgan fingerprint density at radius 2 is 1.51 bits per heavy atom. The van der Waals surface area contributed by atoms with Crippen LogP contribution in [0.25, 0.3) is 11.1 Å². The second kappa shape index (κ2) is 11.0. The minimum Gasteiger partial charge on any atom is -0.473 e. The van der Waals surface area contributed by atoms with E-state index in [-0.39, 0.29) is 11.5 Å². The fourth-order valence-electron chi connectivity index (χ4n) is 3.49. The lowest BCUT2D eigenvalue weighted by molar-refractivity contribution is -0.186. The minimum absolute atomic E-state index is 0.163. The molecule has 0 amide bonds. The van der Waals surface area contributed by atoms with Crippen molar-refractivity contribution in [3.63, 3.8) is 0 Å². The standard InChI is InChI=1S/C23H22F3NO7S/c1-12(28)31-19-11-35-22(21(33-14(3)30)20(19)32-13(2)29)34-18-10-27-9-8-17(18)15-4-6-16(7-5-15)23(24,25)26/h4-10,19-22H,11H2,1-3H3/t19-,20+,21-,22-/m1/s1. The number of halogens is 3. The molecule has 1 fully saturated rings. The Hall–Kier alpha value is -3.28. The Balaban J connectivity index is 1.92. The summed E-state index contributed by atoms with van der Waals surface area (Å²) in [5.41, 5.74) is -0.819. The van der Waals surface area contributed by atoms with Gasteiger partial charge in [-0.3, -0.25) is 19.4 Å². The van der Waals surface area contributed by atoms with Crippen LogP contribution in [0.1, 0.15) is 26.3 Å². The summed E-state index contributed by atoms with van der Waals surface area (Å²) in [6, 6.07) is 6.09. The monoisotopic (exact) mass is 513 g/mol. The number of ether oxygens (including phenoxy) is 4. The van der Waals surface area contributed by atoms with Crippen LogP contribution in [0.2, 0.25) is 0 Å². The largest absolute Gasteiger partial charge is 0.473 e. The first-order valence-electron chi connectivity index (χ1n) is 10.4. The van der Waals surface area contributed by atoms with Crippen LogP contribution in [0.5, 0.6) is 5.75 Å². The van der Waals surface area contributed by atoms with Crippen LogP contribution in [0.15, 0.2) is 42.7 Å². The maximum Gasteiger partial charge on any atom is 0.416 e. The van der Waals surface area contributed by atoms with Crippen LogP contribution in [-0.2, 0) is 34.8 Å². The van der Waals surface area contributed by atoms with Crippen LogP contribution in [0, 0.1) is 0 Å². The molecule has 8 nitrogen and oxygen atoms in total. The van der Waals surface area contributed by atoms with E-state index in [9.17, 15) is 27.6 Å². The summed E-state index contributed by atoms with van der Waals surface area (Å²) >= 11 is 1.15. The maximum atomic E-state index is 12.9. The molecule has 2 aromatic rings. The van der Waals surface area contributed by atoms with Crippen molar-refractivity contribution >= 4 is 29.7 Å².